The van der Waals surface area contributed by atoms with Gasteiger partial charge in [-0.3, -0.25) is 4.98 Å². The van der Waals surface area contributed by atoms with Crippen LogP contribution in [0.25, 0.3) is 0 Å². The van der Waals surface area contributed by atoms with E-state index in [9.17, 15) is 0 Å². The maximum atomic E-state index is 4.35. The summed E-state index contributed by atoms with van der Waals surface area (Å²) in [6, 6.07) is 6.87. The van der Waals surface area contributed by atoms with Crippen molar-refractivity contribution < 1.29 is 0 Å². The monoisotopic (exact) mass is 250 g/mol. The van der Waals surface area contributed by atoms with Gasteiger partial charge in [0.2, 0.25) is 0 Å². The molecule has 0 radical (unpaired) electrons. The molecule has 3 heteroatoms. The molecule has 0 amide bonds. The van der Waals surface area contributed by atoms with E-state index in [2.05, 4.69) is 28.7 Å². The van der Waals surface area contributed by atoms with Crippen LogP contribution >= 0.6 is 11.8 Å². The lowest BCUT2D eigenvalue weighted by atomic mass is 9.95. The number of hydrogen-bond donors (Lipinski definition) is 1. The molecule has 1 saturated carbocycles. The van der Waals surface area contributed by atoms with E-state index >= 15 is 0 Å². The van der Waals surface area contributed by atoms with Crippen molar-refractivity contribution in [1.29, 1.82) is 0 Å². The zero-order valence-corrected chi connectivity index (χ0v) is 11.4. The maximum Gasteiger partial charge on any atom is 0.0416 e. The lowest BCUT2D eigenvalue weighted by Gasteiger charge is -2.28. The van der Waals surface area contributed by atoms with Crippen molar-refractivity contribution in [3.8, 4) is 0 Å². The van der Waals surface area contributed by atoms with Crippen molar-refractivity contribution in [2.75, 3.05) is 12.8 Å². The Bertz CT molecular complexity index is 315. The van der Waals surface area contributed by atoms with Crippen LogP contribution in [0, 0.1) is 0 Å². The molecule has 1 heterocycles. The van der Waals surface area contributed by atoms with E-state index in [1.165, 1.54) is 31.4 Å². The summed E-state index contributed by atoms with van der Waals surface area (Å²) in [6.45, 7) is 1.06. The molecule has 0 aliphatic heterocycles. The Morgan fingerprint density at radius 1 is 1.41 bits per heavy atom. The van der Waals surface area contributed by atoms with Crippen LogP contribution in [0.3, 0.4) is 0 Å². The van der Waals surface area contributed by atoms with Crippen LogP contribution in [0.15, 0.2) is 24.4 Å². The quantitative estimate of drug-likeness (QED) is 0.870. The van der Waals surface area contributed by atoms with Crippen LogP contribution < -0.4 is 5.32 Å². The minimum absolute atomic E-state index is 0.727. The molecule has 0 bridgehead atoms. The number of pyridine rings is 1. The summed E-state index contributed by atoms with van der Waals surface area (Å²) in [5.41, 5.74) is 1.19. The van der Waals surface area contributed by atoms with Crippen LogP contribution in [-0.2, 0) is 6.42 Å². The number of thioether (sulfide) groups is 1. The first-order valence-corrected chi connectivity index (χ1v) is 7.83. The first kappa shape index (κ1) is 12.9. The molecule has 2 atom stereocenters. The zero-order chi connectivity index (χ0) is 11.9. The van der Waals surface area contributed by atoms with E-state index < -0.39 is 0 Å². The molecule has 0 aromatic carbocycles. The van der Waals surface area contributed by atoms with E-state index in [0.717, 1.165) is 24.3 Å². The highest BCUT2D eigenvalue weighted by atomic mass is 32.2. The van der Waals surface area contributed by atoms with Crippen molar-refractivity contribution in [1.82, 2.24) is 10.3 Å². The molecular formula is C14H22N2S. The molecule has 1 aromatic rings. The first-order valence-electron chi connectivity index (χ1n) is 6.54. The summed E-state index contributed by atoms with van der Waals surface area (Å²) in [7, 11) is 0. The van der Waals surface area contributed by atoms with Crippen LogP contribution in [0.4, 0.5) is 0 Å². The van der Waals surface area contributed by atoms with E-state index in [0.29, 0.717) is 0 Å². The molecule has 2 unspecified atom stereocenters. The molecule has 17 heavy (non-hydrogen) atoms. The average Bonchev–Trinajstić information content (AvgIpc) is 2.40. The van der Waals surface area contributed by atoms with Gasteiger partial charge >= 0.3 is 0 Å². The third-order valence-corrected chi connectivity index (χ3v) is 4.59. The standard InChI is InChI=1S/C14H22N2S/c1-17-14-7-4-6-13(11-14)16-10-8-12-5-2-3-9-15-12/h2-3,5,9,13-14,16H,4,6-8,10-11H2,1H3. The number of nitrogens with zero attached hydrogens (tertiary/aromatic N) is 1. The molecule has 94 valence electrons. The minimum atomic E-state index is 0.727. The third kappa shape index (κ3) is 4.32. The van der Waals surface area contributed by atoms with Crippen molar-refractivity contribution in [2.45, 2.75) is 43.4 Å². The third-order valence-electron chi connectivity index (χ3n) is 3.50. The molecular weight excluding hydrogens is 228 g/mol. The van der Waals surface area contributed by atoms with Gasteiger partial charge in [0.1, 0.15) is 0 Å². The van der Waals surface area contributed by atoms with Crippen LogP contribution in [0.2, 0.25) is 0 Å². The smallest absolute Gasteiger partial charge is 0.0416 e. The average molecular weight is 250 g/mol. The van der Waals surface area contributed by atoms with E-state index in [4.69, 9.17) is 0 Å². The summed E-state index contributed by atoms with van der Waals surface area (Å²) in [5.74, 6) is 0. The number of rotatable bonds is 5. The highest BCUT2D eigenvalue weighted by Crippen LogP contribution is 2.26. The Labute approximate surface area is 109 Å². The summed E-state index contributed by atoms with van der Waals surface area (Å²) >= 11 is 2.03. The summed E-state index contributed by atoms with van der Waals surface area (Å²) < 4.78 is 0. The second-order valence-corrected chi connectivity index (χ2v) is 5.88. The van der Waals surface area contributed by atoms with E-state index in [-0.39, 0.29) is 0 Å². The molecule has 2 rings (SSSR count). The lowest BCUT2D eigenvalue weighted by Crippen LogP contribution is -2.36. The van der Waals surface area contributed by atoms with Gasteiger partial charge < -0.3 is 5.32 Å². The molecule has 2 nitrogen and oxygen atoms in total. The fourth-order valence-corrected chi connectivity index (χ4v) is 3.32. The summed E-state index contributed by atoms with van der Waals surface area (Å²) in [5, 5.41) is 4.55. The second-order valence-electron chi connectivity index (χ2n) is 4.75. The Kier molecular flexibility index (Phi) is 5.33. The molecule has 1 aliphatic rings. The van der Waals surface area contributed by atoms with Gasteiger partial charge in [0, 0.05) is 36.1 Å². The van der Waals surface area contributed by atoms with E-state index in [1.807, 2.05) is 24.0 Å². The van der Waals surface area contributed by atoms with Crippen LogP contribution in [0.5, 0.6) is 0 Å². The van der Waals surface area contributed by atoms with Gasteiger partial charge in [-0.15, -0.1) is 0 Å². The molecule has 0 saturated heterocycles. The highest BCUT2D eigenvalue weighted by molar-refractivity contribution is 7.99. The zero-order valence-electron chi connectivity index (χ0n) is 10.6. The van der Waals surface area contributed by atoms with Gasteiger partial charge in [0.15, 0.2) is 0 Å². The topological polar surface area (TPSA) is 24.9 Å². The van der Waals surface area contributed by atoms with Gasteiger partial charge in [-0.25, -0.2) is 0 Å². The fourth-order valence-electron chi connectivity index (χ4n) is 2.49. The normalized spacial score (nSPS) is 24.8. The molecule has 1 N–H and O–H groups in total. The summed E-state index contributed by atoms with van der Waals surface area (Å²) in [6.07, 6.45) is 10.6. The van der Waals surface area contributed by atoms with Crippen molar-refractivity contribution in [3.63, 3.8) is 0 Å². The Balaban J connectivity index is 1.68. The largest absolute Gasteiger partial charge is 0.314 e. The van der Waals surface area contributed by atoms with Gasteiger partial charge in [0.05, 0.1) is 0 Å². The lowest BCUT2D eigenvalue weighted by molar-refractivity contribution is 0.383. The Morgan fingerprint density at radius 3 is 3.12 bits per heavy atom. The SMILES string of the molecule is CSC1CCCC(NCCc2ccccn2)C1. The highest BCUT2D eigenvalue weighted by Gasteiger charge is 2.20. The number of hydrogen-bond acceptors (Lipinski definition) is 3. The van der Waals surface area contributed by atoms with Crippen molar-refractivity contribution in [3.05, 3.63) is 30.1 Å². The summed E-state index contributed by atoms with van der Waals surface area (Å²) in [4.78, 5) is 4.35. The molecule has 1 aromatic heterocycles. The van der Waals surface area contributed by atoms with Gasteiger partial charge in [0.25, 0.3) is 0 Å². The minimum Gasteiger partial charge on any atom is -0.314 e. The maximum absolute atomic E-state index is 4.35. The first-order chi connectivity index (χ1) is 8.38. The van der Waals surface area contributed by atoms with E-state index in [1.54, 1.807) is 0 Å². The predicted molar refractivity (Wildman–Crippen MR) is 75.5 cm³/mol. The van der Waals surface area contributed by atoms with Gasteiger partial charge in [-0.1, -0.05) is 12.5 Å². The molecule has 1 aliphatic carbocycles. The van der Waals surface area contributed by atoms with Crippen molar-refractivity contribution in [2.24, 2.45) is 0 Å². The van der Waals surface area contributed by atoms with Gasteiger partial charge in [-0.2, -0.15) is 11.8 Å². The number of aromatic nitrogens is 1. The fraction of sp³-hybridized carbons (Fsp3) is 0.643. The second kappa shape index (κ2) is 7.02. The Hall–Kier alpha value is -0.540. The van der Waals surface area contributed by atoms with Crippen LogP contribution in [-0.4, -0.2) is 29.1 Å². The molecule has 1 fully saturated rings. The van der Waals surface area contributed by atoms with Gasteiger partial charge in [-0.05, 0) is 37.7 Å². The predicted octanol–water partition coefficient (Wildman–Crippen LogP) is 2.89. The number of nitrogens with one attached hydrogen (secondary N) is 1. The molecule has 0 spiro atoms. The van der Waals surface area contributed by atoms with Crippen LogP contribution in [0.1, 0.15) is 31.4 Å². The van der Waals surface area contributed by atoms with Crippen molar-refractivity contribution >= 4 is 11.8 Å². The Morgan fingerprint density at radius 2 is 2.35 bits per heavy atom.